The summed E-state index contributed by atoms with van der Waals surface area (Å²) < 4.78 is 0. The second-order valence-corrected chi connectivity index (χ2v) is 11.0. The maximum atomic E-state index is 13.5. The van der Waals surface area contributed by atoms with Crippen molar-refractivity contribution in [2.75, 3.05) is 26.2 Å². The lowest BCUT2D eigenvalue weighted by molar-refractivity contribution is -0.157. The molecule has 0 spiro atoms. The monoisotopic (exact) mass is 396 g/mol. The number of nitriles is 1. The van der Waals surface area contributed by atoms with Crippen LogP contribution >= 0.6 is 0 Å². The molecule has 4 bridgehead atoms. The molecule has 0 aromatic carbocycles. The quantitative estimate of drug-likeness (QED) is 0.786. The van der Waals surface area contributed by atoms with Crippen LogP contribution in [-0.4, -0.2) is 59.9 Å². The summed E-state index contributed by atoms with van der Waals surface area (Å²) in [6.45, 7) is 2.80. The van der Waals surface area contributed by atoms with Crippen LogP contribution in [0.25, 0.3) is 0 Å². The third-order valence-corrected chi connectivity index (χ3v) is 9.18. The van der Waals surface area contributed by atoms with Gasteiger partial charge in [-0.25, -0.2) is 0 Å². The molecule has 2 saturated heterocycles. The number of fused-ring (bicyclic) bond motifs is 1. The first-order chi connectivity index (χ1) is 14.1. The van der Waals surface area contributed by atoms with Gasteiger partial charge in [0.2, 0.25) is 11.8 Å². The molecule has 2 amide bonds. The number of carbonyl (C=O) groups excluding carboxylic acids is 2. The van der Waals surface area contributed by atoms with Crippen molar-refractivity contribution < 1.29 is 9.59 Å². The molecule has 1 N–H and O–H groups in total. The molecular formula is C23H32N4O2. The summed E-state index contributed by atoms with van der Waals surface area (Å²) in [5.41, 5.74) is -0.0213. The van der Waals surface area contributed by atoms with Gasteiger partial charge in [-0.2, -0.15) is 5.26 Å². The second-order valence-electron chi connectivity index (χ2n) is 11.0. The summed E-state index contributed by atoms with van der Waals surface area (Å²) in [6.07, 6.45) is 9.31. The predicted molar refractivity (Wildman–Crippen MR) is 106 cm³/mol. The summed E-state index contributed by atoms with van der Waals surface area (Å²) in [4.78, 5) is 29.8. The van der Waals surface area contributed by atoms with E-state index in [9.17, 15) is 14.9 Å². The smallest absolute Gasteiger partial charge is 0.237 e. The normalized spacial score (nSPS) is 46.7. The first-order valence-corrected chi connectivity index (χ1v) is 11.8. The fraction of sp³-hybridized carbons (Fsp3) is 0.870. The van der Waals surface area contributed by atoms with Gasteiger partial charge in [0.15, 0.2) is 0 Å². The van der Waals surface area contributed by atoms with Crippen molar-refractivity contribution >= 4 is 11.8 Å². The van der Waals surface area contributed by atoms with Gasteiger partial charge in [-0.1, -0.05) is 0 Å². The van der Waals surface area contributed by atoms with Crippen molar-refractivity contribution in [3.8, 4) is 6.07 Å². The highest BCUT2D eigenvalue weighted by atomic mass is 16.2. The van der Waals surface area contributed by atoms with Crippen molar-refractivity contribution in [2.45, 2.75) is 63.5 Å². The molecule has 5 aliphatic carbocycles. The van der Waals surface area contributed by atoms with Crippen LogP contribution in [0.2, 0.25) is 0 Å². The van der Waals surface area contributed by atoms with E-state index in [0.717, 1.165) is 62.9 Å². The molecule has 0 radical (unpaired) electrons. The number of nitrogens with one attached hydrogen (secondary N) is 1. The molecule has 29 heavy (non-hydrogen) atoms. The number of hydrogen-bond acceptors (Lipinski definition) is 4. The number of nitrogens with zero attached hydrogens (tertiary/aromatic N) is 3. The first kappa shape index (κ1) is 18.2. The summed E-state index contributed by atoms with van der Waals surface area (Å²) >= 11 is 0. The van der Waals surface area contributed by atoms with E-state index in [2.05, 4.69) is 16.3 Å². The predicted octanol–water partition coefficient (Wildman–Crippen LogP) is 1.76. The third kappa shape index (κ3) is 2.84. The summed E-state index contributed by atoms with van der Waals surface area (Å²) in [5.74, 6) is 3.99. The molecule has 5 saturated carbocycles. The second kappa shape index (κ2) is 6.44. The molecule has 156 valence electrons. The largest absolute Gasteiger partial charge is 0.342 e. The van der Waals surface area contributed by atoms with Gasteiger partial charge in [-0.3, -0.25) is 9.59 Å². The number of carbonyl (C=O) groups is 2. The Kier molecular flexibility index (Phi) is 4.04. The minimum absolute atomic E-state index is 0.0213. The highest BCUT2D eigenvalue weighted by Gasteiger charge is 2.61. The van der Waals surface area contributed by atoms with Crippen LogP contribution in [0, 0.1) is 46.3 Å². The molecule has 7 fully saturated rings. The van der Waals surface area contributed by atoms with Gasteiger partial charge in [0, 0.05) is 25.7 Å². The van der Waals surface area contributed by atoms with E-state index in [1.807, 2.05) is 0 Å². The number of likely N-dealkylation sites (tertiary alicyclic amines) is 2. The molecule has 0 aromatic rings. The SMILES string of the molecule is N#C[C@@H]1CCCN1C(=O)CNC1C2CN(C(=O)C34CC5CC(CC(C5)C3)C4)CC21. The van der Waals surface area contributed by atoms with Gasteiger partial charge >= 0.3 is 0 Å². The van der Waals surface area contributed by atoms with E-state index >= 15 is 0 Å². The Morgan fingerprint density at radius 2 is 1.66 bits per heavy atom. The van der Waals surface area contributed by atoms with Gasteiger partial charge in [-0.05, 0) is 81.0 Å². The highest BCUT2D eigenvalue weighted by molar-refractivity contribution is 5.84. The molecule has 0 aromatic heterocycles. The van der Waals surface area contributed by atoms with E-state index in [-0.39, 0.29) is 17.4 Å². The lowest BCUT2D eigenvalue weighted by Crippen LogP contribution is -2.55. The molecular weight excluding hydrogens is 364 g/mol. The number of piperidine rings is 1. The van der Waals surface area contributed by atoms with Crippen molar-refractivity contribution in [3.05, 3.63) is 0 Å². The maximum Gasteiger partial charge on any atom is 0.237 e. The fourth-order valence-corrected chi connectivity index (χ4v) is 8.21. The maximum absolute atomic E-state index is 13.5. The molecule has 2 aliphatic heterocycles. The molecule has 2 unspecified atom stereocenters. The van der Waals surface area contributed by atoms with E-state index in [1.165, 1.54) is 19.3 Å². The Morgan fingerprint density at radius 3 is 2.24 bits per heavy atom. The van der Waals surface area contributed by atoms with Crippen LogP contribution in [0.15, 0.2) is 0 Å². The Balaban J connectivity index is 1.02. The fourth-order valence-electron chi connectivity index (χ4n) is 8.21. The van der Waals surface area contributed by atoms with Gasteiger partial charge in [-0.15, -0.1) is 0 Å². The van der Waals surface area contributed by atoms with Gasteiger partial charge in [0.25, 0.3) is 0 Å². The Bertz CT molecular complexity index is 726. The summed E-state index contributed by atoms with van der Waals surface area (Å²) in [7, 11) is 0. The molecule has 2 heterocycles. The molecule has 7 rings (SSSR count). The average Bonchev–Trinajstić information content (AvgIpc) is 3.06. The highest BCUT2D eigenvalue weighted by Crippen LogP contribution is 2.61. The number of rotatable bonds is 4. The zero-order chi connectivity index (χ0) is 19.8. The molecule has 6 heteroatoms. The van der Waals surface area contributed by atoms with Crippen LogP contribution in [-0.2, 0) is 9.59 Å². The molecule has 3 atom stereocenters. The van der Waals surface area contributed by atoms with Crippen molar-refractivity contribution in [1.82, 2.24) is 15.1 Å². The lowest BCUT2D eigenvalue weighted by atomic mass is 9.49. The number of amides is 2. The number of hydrogen-bond donors (Lipinski definition) is 1. The lowest BCUT2D eigenvalue weighted by Gasteiger charge is -2.56. The van der Waals surface area contributed by atoms with Crippen molar-refractivity contribution in [1.29, 1.82) is 5.26 Å². The zero-order valence-corrected chi connectivity index (χ0v) is 17.2. The van der Waals surface area contributed by atoms with E-state index in [0.29, 0.717) is 36.9 Å². The van der Waals surface area contributed by atoms with Crippen LogP contribution in [0.1, 0.15) is 51.4 Å². The van der Waals surface area contributed by atoms with Gasteiger partial charge in [0.1, 0.15) is 6.04 Å². The Hall–Kier alpha value is -1.61. The van der Waals surface area contributed by atoms with Crippen molar-refractivity contribution in [2.24, 2.45) is 35.0 Å². The Morgan fingerprint density at radius 1 is 1.03 bits per heavy atom. The first-order valence-electron chi connectivity index (χ1n) is 11.8. The van der Waals surface area contributed by atoms with E-state index in [4.69, 9.17) is 0 Å². The summed E-state index contributed by atoms with van der Waals surface area (Å²) in [5, 5.41) is 12.6. The van der Waals surface area contributed by atoms with Crippen LogP contribution in [0.4, 0.5) is 0 Å². The minimum atomic E-state index is -0.239. The van der Waals surface area contributed by atoms with Crippen LogP contribution in [0.3, 0.4) is 0 Å². The van der Waals surface area contributed by atoms with Crippen LogP contribution in [0.5, 0.6) is 0 Å². The zero-order valence-electron chi connectivity index (χ0n) is 17.2. The Labute approximate surface area is 173 Å². The van der Waals surface area contributed by atoms with E-state index < -0.39 is 0 Å². The third-order valence-electron chi connectivity index (χ3n) is 9.18. The van der Waals surface area contributed by atoms with E-state index in [1.54, 1.807) is 4.90 Å². The van der Waals surface area contributed by atoms with Gasteiger partial charge in [0.05, 0.1) is 18.0 Å². The average molecular weight is 397 g/mol. The van der Waals surface area contributed by atoms with Crippen molar-refractivity contribution in [3.63, 3.8) is 0 Å². The van der Waals surface area contributed by atoms with Crippen LogP contribution < -0.4 is 5.32 Å². The molecule has 6 nitrogen and oxygen atoms in total. The standard InChI is InChI=1S/C23H32N4O2/c24-10-17-2-1-3-27(17)20(28)11-25-21-18-12-26(13-19(18)21)22(29)23-7-14-4-15(8-23)6-16(5-14)9-23/h14-19,21,25H,1-9,11-13H2/t14?,15?,16?,17-,18?,19?,21?,23?/m0/s1. The topological polar surface area (TPSA) is 76.4 Å². The summed E-state index contributed by atoms with van der Waals surface area (Å²) in [6, 6.07) is 2.38. The van der Waals surface area contributed by atoms with Gasteiger partial charge < -0.3 is 15.1 Å². The minimum Gasteiger partial charge on any atom is -0.342 e. The molecule has 7 aliphatic rings.